The highest BCUT2D eigenvalue weighted by atomic mass is 17.7. The van der Waals surface area contributed by atoms with Crippen LogP contribution in [0.1, 0.15) is 0 Å². The highest BCUT2D eigenvalue weighted by Crippen LogP contribution is 2.00. The zero-order valence-corrected chi connectivity index (χ0v) is 1.93. The molecule has 0 radical (unpaired) electrons. The van der Waals surface area contributed by atoms with Gasteiger partial charge in [-0.1, -0.05) is 0 Å². The molecule has 0 spiro atoms. The van der Waals surface area contributed by atoms with Crippen molar-refractivity contribution in [3.63, 3.8) is 0 Å². The first-order valence-electron chi connectivity index (χ1n) is 0.911. The van der Waals surface area contributed by atoms with E-state index in [1.54, 1.807) is 0 Å². The molecule has 0 bridgehead atoms. The molecule has 0 aromatic rings. The third-order valence-corrected chi connectivity index (χ3v) is 0.214. The molecule has 1 aliphatic heterocycles. The van der Waals surface area contributed by atoms with Crippen molar-refractivity contribution in [3.8, 4) is 0 Å². The molecule has 0 N–H and O–H groups in total. The van der Waals surface area contributed by atoms with E-state index in [2.05, 4.69) is 4.89 Å². The van der Waals surface area contributed by atoms with E-state index >= 15 is 0 Å². The number of hydrogen-bond acceptors (Lipinski definition) is 2. The van der Waals surface area contributed by atoms with Crippen LogP contribution in [0.4, 0.5) is 0 Å². The van der Waals surface area contributed by atoms with Crippen LogP contribution in [0, 0.1) is 0 Å². The van der Waals surface area contributed by atoms with Gasteiger partial charge >= 0.3 is 6.79 Å². The predicted octanol–water partition coefficient (Wildman–Crippen LogP) is -1.28. The van der Waals surface area contributed by atoms with Crippen LogP contribution >= 0.6 is 0 Å². The van der Waals surface area contributed by atoms with Gasteiger partial charge in [-0.3, -0.25) is 0 Å². The maximum Gasteiger partial charge on any atom is 0.368 e. The summed E-state index contributed by atoms with van der Waals surface area (Å²) in [5.41, 5.74) is 0. The smallest absolute Gasteiger partial charge is 0.368 e. The largest absolute Gasteiger partial charge is 0.484 e. The fourth-order valence-corrected chi connectivity index (χ4v) is 0.0196. The van der Waals surface area contributed by atoms with Gasteiger partial charge in [-0.2, -0.15) is 0 Å². The first-order chi connectivity index (χ1) is 1.89. The Hall–Kier alpha value is -0.120. The van der Waals surface area contributed by atoms with Crippen molar-refractivity contribution in [1.29, 1.82) is 0 Å². The summed E-state index contributed by atoms with van der Waals surface area (Å²) in [7, 11) is 0. The fraction of sp³-hybridized carbons (Fsp3) is 1.00. The van der Waals surface area contributed by atoms with Gasteiger partial charge in [0.1, 0.15) is 0 Å². The van der Waals surface area contributed by atoms with Gasteiger partial charge in [0.25, 0.3) is 0 Å². The van der Waals surface area contributed by atoms with Crippen LogP contribution in [0.25, 0.3) is 0 Å². The average molecular weight is 62.0 g/mol. The summed E-state index contributed by atoms with van der Waals surface area (Å²) in [5.74, 6) is 0. The molecule has 0 saturated carbocycles. The van der Waals surface area contributed by atoms with Crippen LogP contribution in [0.5, 0.6) is 0 Å². The molecule has 24 valence electrons. The van der Waals surface area contributed by atoms with E-state index in [1.807, 2.05) is 0 Å². The van der Waals surface area contributed by atoms with E-state index in [0.717, 1.165) is 4.67 Å². The molecular weight excluding hydrogens is 60.0 g/mol. The highest BCUT2D eigenvalue weighted by molar-refractivity contribution is 3.92. The summed E-state index contributed by atoms with van der Waals surface area (Å²) in [5, 5.41) is 9.17. The monoisotopic (exact) mass is 62.0 g/mol. The minimum Gasteiger partial charge on any atom is -0.484 e. The lowest BCUT2D eigenvalue weighted by atomic mass is 11.6. The summed E-state index contributed by atoms with van der Waals surface area (Å²) >= 11 is 0. The van der Waals surface area contributed by atoms with E-state index in [0.29, 0.717) is 0 Å². The van der Waals surface area contributed by atoms with Gasteiger partial charge in [0, 0.05) is 0 Å². The van der Waals surface area contributed by atoms with Crippen molar-refractivity contribution >= 4 is 0 Å². The molecular formula is CH2O3. The number of rotatable bonds is 0. The standard InChI is InChI=1S/CH2O3/c2-4-1-3-4/h1H2. The van der Waals surface area contributed by atoms with Crippen LogP contribution in [-0.2, 0) is 9.56 Å². The van der Waals surface area contributed by atoms with E-state index in [1.165, 1.54) is 0 Å². The summed E-state index contributed by atoms with van der Waals surface area (Å²) in [4.78, 5) is 3.90. The molecule has 0 atom stereocenters. The molecule has 1 heterocycles. The molecule has 1 rings (SSSR count). The molecule has 0 aromatic heterocycles. The van der Waals surface area contributed by atoms with Crippen LogP contribution in [0.3, 0.4) is 0 Å². The van der Waals surface area contributed by atoms with E-state index in [4.69, 9.17) is 5.26 Å². The molecule has 0 aliphatic carbocycles. The van der Waals surface area contributed by atoms with Crippen LogP contribution in [-0.4, -0.2) is 6.79 Å². The van der Waals surface area contributed by atoms with Crippen molar-refractivity contribution in [3.05, 3.63) is 0 Å². The Morgan fingerprint density at radius 2 is 2.25 bits per heavy atom. The first kappa shape index (κ1) is 2.14. The average Bonchev–Trinajstić information content (AvgIpc) is 1.75. The van der Waals surface area contributed by atoms with Gasteiger partial charge < -0.3 is 5.26 Å². The molecule has 3 heteroatoms. The Balaban J connectivity index is 2.17. The minimum absolute atomic E-state index is 0.181. The molecule has 3 nitrogen and oxygen atoms in total. The van der Waals surface area contributed by atoms with Gasteiger partial charge in [-0.25, -0.2) is 4.67 Å². The van der Waals surface area contributed by atoms with Gasteiger partial charge in [0.2, 0.25) is 0 Å². The zero-order valence-electron chi connectivity index (χ0n) is 1.93. The Morgan fingerprint density at radius 1 is 2.00 bits per heavy atom. The van der Waals surface area contributed by atoms with E-state index in [-0.39, 0.29) is 6.79 Å². The number of hydrogen-bond donors (Lipinski definition) is 0. The van der Waals surface area contributed by atoms with Gasteiger partial charge in [0.05, 0.1) is 0 Å². The Morgan fingerprint density at radius 3 is 2.25 bits per heavy atom. The van der Waals surface area contributed by atoms with Crippen LogP contribution < -0.4 is 5.26 Å². The first-order valence-corrected chi connectivity index (χ1v) is 0.911. The van der Waals surface area contributed by atoms with Crippen molar-refractivity contribution in [2.45, 2.75) is 0 Å². The SMILES string of the molecule is [O-][O+]1CO1. The summed E-state index contributed by atoms with van der Waals surface area (Å²) in [6.07, 6.45) is 0. The van der Waals surface area contributed by atoms with Crippen LogP contribution in [0.2, 0.25) is 0 Å². The maximum atomic E-state index is 9.17. The molecule has 1 aliphatic rings. The summed E-state index contributed by atoms with van der Waals surface area (Å²) in [6, 6.07) is 0. The highest BCUT2D eigenvalue weighted by Gasteiger charge is 2.18. The lowest BCUT2D eigenvalue weighted by Crippen LogP contribution is -2.00. The maximum absolute atomic E-state index is 9.17. The lowest BCUT2D eigenvalue weighted by molar-refractivity contribution is -0.788. The summed E-state index contributed by atoms with van der Waals surface area (Å²) < 4.78 is 1.08. The minimum atomic E-state index is 0.181. The Bertz CT molecular complexity index is 22.5. The molecule has 1 saturated heterocycles. The van der Waals surface area contributed by atoms with Crippen molar-refractivity contribution < 1.29 is 14.8 Å². The molecule has 0 unspecified atom stereocenters. The van der Waals surface area contributed by atoms with Gasteiger partial charge in [-0.05, 0) is 4.89 Å². The van der Waals surface area contributed by atoms with Gasteiger partial charge in [-0.15, -0.1) is 0 Å². The van der Waals surface area contributed by atoms with Crippen molar-refractivity contribution in [2.75, 3.05) is 6.79 Å². The second-order valence-corrected chi connectivity index (χ2v) is 0.539. The lowest BCUT2D eigenvalue weighted by Gasteiger charge is -1.72. The normalized spacial score (nSPS) is 26.2. The molecule has 1 fully saturated rings. The summed E-state index contributed by atoms with van der Waals surface area (Å²) in [6.45, 7) is 0.181. The second kappa shape index (κ2) is 0.427. The molecule has 4 heavy (non-hydrogen) atoms. The van der Waals surface area contributed by atoms with E-state index < -0.39 is 0 Å². The Kier molecular flexibility index (Phi) is 0.228. The quantitative estimate of drug-likeness (QED) is 0.199. The molecule has 0 aromatic carbocycles. The molecule has 0 amide bonds. The fourth-order valence-electron chi connectivity index (χ4n) is 0.0196. The predicted molar refractivity (Wildman–Crippen MR) is 7.04 cm³/mol. The second-order valence-electron chi connectivity index (χ2n) is 0.539. The van der Waals surface area contributed by atoms with Crippen LogP contribution in [0.15, 0.2) is 0 Å². The van der Waals surface area contributed by atoms with Crippen molar-refractivity contribution in [2.24, 2.45) is 0 Å². The van der Waals surface area contributed by atoms with Gasteiger partial charge in [0.15, 0.2) is 0 Å². The zero-order chi connectivity index (χ0) is 2.99. The third kappa shape index (κ3) is 0.176. The van der Waals surface area contributed by atoms with Crippen molar-refractivity contribution in [1.82, 2.24) is 0 Å². The Labute approximate surface area is 22.9 Å². The topological polar surface area (TPSA) is 38.3 Å². The van der Waals surface area contributed by atoms with E-state index in [9.17, 15) is 0 Å². The third-order valence-electron chi connectivity index (χ3n) is 0.214.